The first kappa shape index (κ1) is 22.7. The fourth-order valence-electron chi connectivity index (χ4n) is 6.14. The number of hydrogen-bond donors (Lipinski definition) is 2. The van der Waals surface area contributed by atoms with Crippen LogP contribution in [0.3, 0.4) is 0 Å². The monoisotopic (exact) mass is 491 g/mol. The fourth-order valence-corrected chi connectivity index (χ4v) is 7.53. The molecule has 178 valence electrons. The molecule has 2 aromatic rings. The number of nitrogens with one attached hydrogen (secondary N) is 2. The second-order valence-electron chi connectivity index (χ2n) is 9.73. The van der Waals surface area contributed by atoms with Gasteiger partial charge in [0.05, 0.1) is 6.26 Å². The molecule has 0 spiro atoms. The summed E-state index contributed by atoms with van der Waals surface area (Å²) in [4.78, 5) is 14.8. The average Bonchev–Trinajstić information content (AvgIpc) is 3.12. The third kappa shape index (κ3) is 5.22. The molecule has 1 amide bonds. The van der Waals surface area contributed by atoms with Crippen LogP contribution in [0.2, 0.25) is 0 Å². The van der Waals surface area contributed by atoms with Gasteiger partial charge in [-0.25, -0.2) is 13.1 Å². The highest BCUT2D eigenvalue weighted by atomic mass is 32.2. The Hall–Kier alpha value is -2.04. The maximum absolute atomic E-state index is 13.4. The van der Waals surface area contributed by atoms with Gasteiger partial charge in [-0.05, 0) is 73.6 Å². The minimum Gasteiger partial charge on any atom is -0.473 e. The Morgan fingerprint density at radius 1 is 1.15 bits per heavy atom. The first-order chi connectivity index (χ1) is 15.8. The van der Waals surface area contributed by atoms with Crippen LogP contribution in [-0.4, -0.2) is 44.4 Å². The van der Waals surface area contributed by atoms with E-state index in [2.05, 4.69) is 15.2 Å². The molecule has 0 aliphatic heterocycles. The van der Waals surface area contributed by atoms with E-state index in [4.69, 9.17) is 9.26 Å². The van der Waals surface area contributed by atoms with Gasteiger partial charge in [0.25, 0.3) is 11.8 Å². The SMILES string of the molecule is CS(=O)(=O)NCCOc1noc(C(=O)NC23CC4CC(CC(C4)C2)C3)c1Sc1ccccc1. The van der Waals surface area contributed by atoms with Gasteiger partial charge in [-0.1, -0.05) is 30.0 Å². The maximum atomic E-state index is 13.4. The Bertz CT molecular complexity index is 1080. The number of sulfonamides is 1. The Labute approximate surface area is 198 Å². The molecular weight excluding hydrogens is 462 g/mol. The smallest absolute Gasteiger partial charge is 0.291 e. The summed E-state index contributed by atoms with van der Waals surface area (Å²) >= 11 is 1.35. The summed E-state index contributed by atoms with van der Waals surface area (Å²) < 4.78 is 36.1. The molecule has 8 nitrogen and oxygen atoms in total. The number of carbonyl (C=O) groups is 1. The van der Waals surface area contributed by atoms with Crippen molar-refractivity contribution in [3.63, 3.8) is 0 Å². The third-order valence-corrected chi connectivity index (χ3v) is 8.71. The minimum absolute atomic E-state index is 0.0674. The highest BCUT2D eigenvalue weighted by Crippen LogP contribution is 2.55. The highest BCUT2D eigenvalue weighted by Gasteiger charge is 2.52. The second kappa shape index (κ2) is 8.96. The molecule has 0 unspecified atom stereocenters. The van der Waals surface area contributed by atoms with E-state index in [1.165, 1.54) is 31.0 Å². The molecule has 0 saturated heterocycles. The predicted molar refractivity (Wildman–Crippen MR) is 124 cm³/mol. The number of rotatable bonds is 9. The lowest BCUT2D eigenvalue weighted by Gasteiger charge is -2.56. The summed E-state index contributed by atoms with van der Waals surface area (Å²) in [5.41, 5.74) is -0.145. The lowest BCUT2D eigenvalue weighted by molar-refractivity contribution is -0.0173. The van der Waals surface area contributed by atoms with Crippen molar-refractivity contribution in [1.29, 1.82) is 0 Å². The zero-order valence-corrected chi connectivity index (χ0v) is 20.2. The molecule has 33 heavy (non-hydrogen) atoms. The Morgan fingerprint density at radius 3 is 2.39 bits per heavy atom. The van der Waals surface area contributed by atoms with Crippen molar-refractivity contribution in [3.8, 4) is 5.88 Å². The maximum Gasteiger partial charge on any atom is 0.291 e. The van der Waals surface area contributed by atoms with E-state index in [0.29, 0.717) is 22.6 Å². The molecule has 4 bridgehead atoms. The van der Waals surface area contributed by atoms with E-state index < -0.39 is 10.0 Å². The third-order valence-electron chi connectivity index (χ3n) is 6.91. The fraction of sp³-hybridized carbons (Fsp3) is 0.565. The van der Waals surface area contributed by atoms with Gasteiger partial charge in [-0.2, -0.15) is 0 Å². The summed E-state index contributed by atoms with van der Waals surface area (Å²) in [6.07, 6.45) is 8.11. The van der Waals surface area contributed by atoms with E-state index >= 15 is 0 Å². The number of benzene rings is 1. The largest absolute Gasteiger partial charge is 0.473 e. The van der Waals surface area contributed by atoms with E-state index in [9.17, 15) is 13.2 Å². The van der Waals surface area contributed by atoms with Crippen molar-refractivity contribution in [3.05, 3.63) is 36.1 Å². The number of nitrogens with zero attached hydrogens (tertiary/aromatic N) is 1. The number of hydrogen-bond acceptors (Lipinski definition) is 7. The van der Waals surface area contributed by atoms with E-state index in [0.717, 1.165) is 30.4 Å². The van der Waals surface area contributed by atoms with Crippen LogP contribution in [-0.2, 0) is 10.0 Å². The number of ether oxygens (including phenoxy) is 1. The van der Waals surface area contributed by atoms with Crippen LogP contribution in [0.1, 0.15) is 49.1 Å². The Kier molecular flexibility index (Phi) is 6.17. The van der Waals surface area contributed by atoms with Crippen molar-refractivity contribution in [2.24, 2.45) is 17.8 Å². The lowest BCUT2D eigenvalue weighted by atomic mass is 9.53. The van der Waals surface area contributed by atoms with Gasteiger partial charge in [0.1, 0.15) is 11.5 Å². The zero-order valence-electron chi connectivity index (χ0n) is 18.6. The van der Waals surface area contributed by atoms with Gasteiger partial charge in [0.2, 0.25) is 15.8 Å². The van der Waals surface area contributed by atoms with Gasteiger partial charge in [0.15, 0.2) is 0 Å². The predicted octanol–water partition coefficient (Wildman–Crippen LogP) is 3.45. The Balaban J connectivity index is 1.34. The topological polar surface area (TPSA) is 111 Å². The first-order valence-electron chi connectivity index (χ1n) is 11.4. The normalized spacial score (nSPS) is 28.1. The Morgan fingerprint density at radius 2 is 1.79 bits per heavy atom. The standard InChI is InChI=1S/C23H29N3O5S2/c1-33(28,29)24-7-8-30-22-20(32-18-5-3-2-4-6-18)19(31-26-22)21(27)25-23-12-15-9-16(13-23)11-17(10-15)14-23/h2-6,15-17,24H,7-14H2,1H3,(H,25,27). The lowest BCUT2D eigenvalue weighted by Crippen LogP contribution is -2.59. The summed E-state index contributed by atoms with van der Waals surface area (Å²) in [6.45, 7) is 0.161. The minimum atomic E-state index is -3.31. The van der Waals surface area contributed by atoms with Crippen molar-refractivity contribution >= 4 is 27.7 Å². The van der Waals surface area contributed by atoms with E-state index in [1.54, 1.807) is 0 Å². The molecule has 4 aliphatic rings. The molecule has 10 heteroatoms. The van der Waals surface area contributed by atoms with Gasteiger partial charge in [0, 0.05) is 17.0 Å². The van der Waals surface area contributed by atoms with Crippen molar-refractivity contribution in [2.45, 2.75) is 53.9 Å². The average molecular weight is 492 g/mol. The zero-order chi connectivity index (χ0) is 23.1. The second-order valence-corrected chi connectivity index (χ2v) is 12.6. The van der Waals surface area contributed by atoms with Crippen LogP contribution in [0, 0.1) is 17.8 Å². The van der Waals surface area contributed by atoms with Crippen LogP contribution in [0.5, 0.6) is 5.88 Å². The molecule has 1 aromatic heterocycles. The van der Waals surface area contributed by atoms with E-state index in [1.807, 2.05) is 30.3 Å². The van der Waals surface area contributed by atoms with E-state index in [-0.39, 0.29) is 36.2 Å². The van der Waals surface area contributed by atoms with Gasteiger partial charge in [-0.3, -0.25) is 4.79 Å². The number of aromatic nitrogens is 1. The van der Waals surface area contributed by atoms with Crippen molar-refractivity contribution < 1.29 is 22.5 Å². The van der Waals surface area contributed by atoms with Crippen LogP contribution in [0.15, 0.2) is 44.6 Å². The summed E-state index contributed by atoms with van der Waals surface area (Å²) in [6, 6.07) is 9.64. The van der Waals surface area contributed by atoms with Crippen LogP contribution < -0.4 is 14.8 Å². The van der Waals surface area contributed by atoms with Gasteiger partial charge >= 0.3 is 0 Å². The molecule has 0 atom stereocenters. The molecule has 4 saturated carbocycles. The molecule has 0 radical (unpaired) electrons. The molecule has 1 aromatic carbocycles. The quantitative estimate of drug-likeness (QED) is 0.517. The first-order valence-corrected chi connectivity index (χ1v) is 14.1. The molecule has 4 aliphatic carbocycles. The molecule has 4 fully saturated rings. The highest BCUT2D eigenvalue weighted by molar-refractivity contribution is 7.99. The summed E-state index contributed by atoms with van der Waals surface area (Å²) in [7, 11) is -3.31. The van der Waals surface area contributed by atoms with Crippen molar-refractivity contribution in [2.75, 3.05) is 19.4 Å². The van der Waals surface area contributed by atoms with Gasteiger partial charge < -0.3 is 14.6 Å². The van der Waals surface area contributed by atoms with Crippen LogP contribution >= 0.6 is 11.8 Å². The number of carbonyl (C=O) groups excluding carboxylic acids is 1. The summed E-state index contributed by atoms with van der Waals surface area (Å²) in [5, 5.41) is 7.34. The van der Waals surface area contributed by atoms with Crippen LogP contribution in [0.4, 0.5) is 0 Å². The molecular formula is C23H29N3O5S2. The molecule has 1 heterocycles. The number of amides is 1. The summed E-state index contributed by atoms with van der Waals surface area (Å²) in [5.74, 6) is 2.22. The molecule has 2 N–H and O–H groups in total. The van der Waals surface area contributed by atoms with Gasteiger partial charge in [-0.15, -0.1) is 0 Å². The van der Waals surface area contributed by atoms with Crippen molar-refractivity contribution in [1.82, 2.24) is 15.2 Å². The molecule has 6 rings (SSSR count). The van der Waals surface area contributed by atoms with Crippen LogP contribution in [0.25, 0.3) is 0 Å².